The van der Waals surface area contributed by atoms with Gasteiger partial charge in [-0.3, -0.25) is 4.79 Å². The summed E-state index contributed by atoms with van der Waals surface area (Å²) in [7, 11) is -4.00. The fourth-order valence-corrected chi connectivity index (χ4v) is 3.62. The van der Waals surface area contributed by atoms with Crippen LogP contribution in [-0.4, -0.2) is 29.6 Å². The van der Waals surface area contributed by atoms with E-state index in [2.05, 4.69) is 5.32 Å². The Labute approximate surface area is 155 Å². The van der Waals surface area contributed by atoms with Crippen molar-refractivity contribution in [3.63, 3.8) is 0 Å². The fourth-order valence-electron chi connectivity index (χ4n) is 2.55. The first-order chi connectivity index (χ1) is 12.8. The molecule has 0 saturated carbocycles. The van der Waals surface area contributed by atoms with E-state index in [4.69, 9.17) is 0 Å². The minimum atomic E-state index is -4.00. The third kappa shape index (κ3) is 4.06. The van der Waals surface area contributed by atoms with E-state index in [1.165, 1.54) is 18.2 Å². The van der Waals surface area contributed by atoms with Gasteiger partial charge in [0.1, 0.15) is 17.2 Å². The number of para-hydroxylation sites is 2. The molecule has 1 aliphatic rings. The van der Waals surface area contributed by atoms with Crippen LogP contribution in [0.5, 0.6) is 11.5 Å². The maximum atomic E-state index is 12.0. The van der Waals surface area contributed by atoms with Crippen LogP contribution in [0, 0.1) is 0 Å². The molecule has 2 aromatic rings. The van der Waals surface area contributed by atoms with Crippen LogP contribution >= 0.6 is 0 Å². The van der Waals surface area contributed by atoms with Crippen molar-refractivity contribution >= 4 is 27.5 Å². The van der Waals surface area contributed by atoms with Crippen LogP contribution in [-0.2, 0) is 21.4 Å². The smallest absolute Gasteiger partial charge is 0.330 e. The number of hydrogen-bond acceptors (Lipinski definition) is 6. The lowest BCUT2D eigenvalue weighted by molar-refractivity contribution is -0.116. The van der Waals surface area contributed by atoms with Crippen molar-refractivity contribution in [2.75, 3.05) is 9.62 Å². The predicted molar refractivity (Wildman–Crippen MR) is 98.4 cm³/mol. The number of aliphatic hydroxyl groups is 1. The first-order valence-electron chi connectivity index (χ1n) is 7.89. The summed E-state index contributed by atoms with van der Waals surface area (Å²) in [6, 6.07) is 10.6. The lowest BCUT2D eigenvalue weighted by Gasteiger charge is -2.16. The highest BCUT2D eigenvalue weighted by Gasteiger charge is 2.30. The molecule has 1 heterocycles. The molecule has 0 atom stereocenters. The monoisotopic (exact) mass is 391 g/mol. The zero-order chi connectivity index (χ0) is 19.6. The molecule has 0 aliphatic carbocycles. The second kappa shape index (κ2) is 7.08. The summed E-state index contributed by atoms with van der Waals surface area (Å²) >= 11 is 0. The Bertz CT molecular complexity index is 1020. The fraction of sp³-hybridized carbons (Fsp3) is 0.118. The van der Waals surface area contributed by atoms with Gasteiger partial charge in [0.15, 0.2) is 0 Å². The van der Waals surface area contributed by atoms with E-state index >= 15 is 0 Å². The van der Waals surface area contributed by atoms with Gasteiger partial charge in [0.05, 0.1) is 11.9 Å². The minimum Gasteiger partial charge on any atom is -0.506 e. The number of anilines is 2. The summed E-state index contributed by atoms with van der Waals surface area (Å²) < 4.78 is 26.3. The molecule has 2 aromatic carbocycles. The largest absolute Gasteiger partial charge is 0.506 e. The first kappa shape index (κ1) is 18.4. The van der Waals surface area contributed by atoms with E-state index in [0.29, 0.717) is 22.0 Å². The standard InChI is InChI=1S/C17H17N3O6S/c21-14-4-2-1-3-12(14)18-16(23)8-6-11-5-7-13(15(22)9-11)20-10-17(24)19-27(20,25)26/h1-5,7,9-10,19,21-22,24H,6,8H2,(H,18,23). The van der Waals surface area contributed by atoms with Gasteiger partial charge in [-0.2, -0.15) is 8.42 Å². The van der Waals surface area contributed by atoms with Crippen LogP contribution < -0.4 is 14.3 Å². The van der Waals surface area contributed by atoms with E-state index in [1.54, 1.807) is 24.3 Å². The summed E-state index contributed by atoms with van der Waals surface area (Å²) in [5.74, 6) is -1.23. The number of aliphatic hydroxyl groups excluding tert-OH is 1. The van der Waals surface area contributed by atoms with E-state index in [9.17, 15) is 28.5 Å². The molecule has 0 aromatic heterocycles. The van der Waals surface area contributed by atoms with Crippen molar-refractivity contribution in [3.8, 4) is 11.5 Å². The lowest BCUT2D eigenvalue weighted by Crippen LogP contribution is -2.29. The predicted octanol–water partition coefficient (Wildman–Crippen LogP) is 1.68. The molecule has 0 fully saturated rings. The zero-order valence-corrected chi connectivity index (χ0v) is 14.8. The van der Waals surface area contributed by atoms with Crippen LogP contribution in [0.25, 0.3) is 0 Å². The summed E-state index contributed by atoms with van der Waals surface area (Å²) in [6.07, 6.45) is 1.32. The Morgan fingerprint density at radius 2 is 1.81 bits per heavy atom. The van der Waals surface area contributed by atoms with Gasteiger partial charge in [-0.15, -0.1) is 0 Å². The topological polar surface area (TPSA) is 139 Å². The highest BCUT2D eigenvalue weighted by molar-refractivity contribution is 7.91. The summed E-state index contributed by atoms with van der Waals surface area (Å²) in [4.78, 5) is 12.0. The average molecular weight is 391 g/mol. The average Bonchev–Trinajstić information content (AvgIpc) is 2.87. The van der Waals surface area contributed by atoms with E-state index < -0.39 is 16.1 Å². The van der Waals surface area contributed by atoms with Gasteiger partial charge < -0.3 is 20.6 Å². The van der Waals surface area contributed by atoms with Crippen LogP contribution in [0.4, 0.5) is 11.4 Å². The molecule has 0 unspecified atom stereocenters. The zero-order valence-electron chi connectivity index (χ0n) is 14.0. The number of hydrogen-bond donors (Lipinski definition) is 5. The number of phenols is 2. The third-order valence-corrected chi connectivity index (χ3v) is 5.12. The molecule has 5 N–H and O–H groups in total. The van der Waals surface area contributed by atoms with E-state index in [1.807, 2.05) is 4.72 Å². The molecular weight excluding hydrogens is 374 g/mol. The highest BCUT2D eigenvalue weighted by Crippen LogP contribution is 2.32. The Balaban J connectivity index is 1.66. The third-order valence-electron chi connectivity index (χ3n) is 3.83. The number of aryl methyl sites for hydroxylation is 1. The summed E-state index contributed by atoms with van der Waals surface area (Å²) in [5.41, 5.74) is 0.884. The van der Waals surface area contributed by atoms with Gasteiger partial charge in [-0.1, -0.05) is 18.2 Å². The quantitative estimate of drug-likeness (QED) is 0.492. The number of nitrogens with one attached hydrogen (secondary N) is 2. The van der Waals surface area contributed by atoms with Gasteiger partial charge in [-0.25, -0.2) is 9.03 Å². The molecule has 10 heteroatoms. The Morgan fingerprint density at radius 3 is 2.44 bits per heavy atom. The molecule has 0 bridgehead atoms. The number of amides is 1. The van der Waals surface area contributed by atoms with Gasteiger partial charge >= 0.3 is 10.2 Å². The number of carbonyl (C=O) groups excluding carboxylic acids is 1. The Hall–Kier alpha value is -3.40. The molecular formula is C17H17N3O6S. The maximum absolute atomic E-state index is 12.0. The number of phenolic OH excluding ortho intramolecular Hbond substituents is 2. The van der Waals surface area contributed by atoms with Crippen molar-refractivity contribution in [2.45, 2.75) is 12.8 Å². The van der Waals surface area contributed by atoms with Crippen molar-refractivity contribution in [1.29, 1.82) is 0 Å². The first-order valence-corrected chi connectivity index (χ1v) is 9.33. The van der Waals surface area contributed by atoms with Crippen molar-refractivity contribution in [1.82, 2.24) is 4.72 Å². The van der Waals surface area contributed by atoms with Crippen LogP contribution in [0.1, 0.15) is 12.0 Å². The molecule has 3 rings (SSSR count). The molecule has 0 saturated heterocycles. The van der Waals surface area contributed by atoms with Crippen LogP contribution in [0.2, 0.25) is 0 Å². The highest BCUT2D eigenvalue weighted by atomic mass is 32.2. The Morgan fingerprint density at radius 1 is 1.07 bits per heavy atom. The van der Waals surface area contributed by atoms with Gasteiger partial charge in [-0.05, 0) is 36.2 Å². The molecule has 142 valence electrons. The lowest BCUT2D eigenvalue weighted by atomic mass is 10.1. The second-order valence-electron chi connectivity index (χ2n) is 5.81. The molecule has 0 radical (unpaired) electrons. The second-order valence-corrected chi connectivity index (χ2v) is 7.35. The summed E-state index contributed by atoms with van der Waals surface area (Å²) in [5, 5.41) is 31.7. The molecule has 0 spiro atoms. The normalized spacial score (nSPS) is 15.1. The molecule has 1 amide bonds. The number of aromatic hydroxyl groups is 2. The number of carbonyl (C=O) groups is 1. The van der Waals surface area contributed by atoms with Crippen molar-refractivity contribution in [2.24, 2.45) is 0 Å². The maximum Gasteiger partial charge on any atom is 0.330 e. The minimum absolute atomic E-state index is 0.0334. The summed E-state index contributed by atoms with van der Waals surface area (Å²) in [6.45, 7) is 0. The van der Waals surface area contributed by atoms with Crippen molar-refractivity contribution in [3.05, 3.63) is 60.1 Å². The van der Waals surface area contributed by atoms with Crippen LogP contribution in [0.3, 0.4) is 0 Å². The number of benzene rings is 2. The Kier molecular flexibility index (Phi) is 4.82. The molecule has 9 nitrogen and oxygen atoms in total. The molecule has 27 heavy (non-hydrogen) atoms. The van der Waals surface area contributed by atoms with Crippen LogP contribution in [0.15, 0.2) is 54.5 Å². The molecule has 1 aliphatic heterocycles. The SMILES string of the molecule is O=C(CCc1ccc(N2C=C(O)NS2(=O)=O)c(O)c1)Nc1ccccc1O. The van der Waals surface area contributed by atoms with Gasteiger partial charge in [0.2, 0.25) is 11.8 Å². The van der Waals surface area contributed by atoms with E-state index in [0.717, 1.165) is 6.20 Å². The van der Waals surface area contributed by atoms with Gasteiger partial charge in [0, 0.05) is 6.42 Å². The van der Waals surface area contributed by atoms with Crippen molar-refractivity contribution < 1.29 is 28.5 Å². The van der Waals surface area contributed by atoms with Gasteiger partial charge in [0.25, 0.3) is 0 Å². The number of rotatable bonds is 5. The van der Waals surface area contributed by atoms with E-state index in [-0.39, 0.29) is 29.5 Å². The number of nitrogens with zero attached hydrogens (tertiary/aromatic N) is 1.